The quantitative estimate of drug-likeness (QED) is 0.524. The van der Waals surface area contributed by atoms with Crippen molar-refractivity contribution in [3.8, 4) is 11.1 Å². The molecule has 7 nitrogen and oxygen atoms in total. The number of nitrogens with two attached hydrogens (primary N) is 1. The lowest BCUT2D eigenvalue weighted by atomic mass is 9.98. The van der Waals surface area contributed by atoms with Crippen LogP contribution in [0.3, 0.4) is 0 Å². The molecule has 1 heterocycles. The van der Waals surface area contributed by atoms with E-state index in [9.17, 15) is 14.0 Å². The summed E-state index contributed by atoms with van der Waals surface area (Å²) < 4.78 is 20.2. The number of anilines is 1. The molecule has 3 N–H and O–H groups in total. The second-order valence-electron chi connectivity index (χ2n) is 8.90. The summed E-state index contributed by atoms with van der Waals surface area (Å²) in [6, 6.07) is 9.20. The molecule has 8 heteroatoms. The lowest BCUT2D eigenvalue weighted by Gasteiger charge is -2.25. The Morgan fingerprint density at radius 2 is 2.03 bits per heavy atom. The highest BCUT2D eigenvalue weighted by molar-refractivity contribution is 6.00. The van der Waals surface area contributed by atoms with Crippen molar-refractivity contribution < 1.29 is 18.7 Å². The van der Waals surface area contributed by atoms with Crippen molar-refractivity contribution in [2.45, 2.75) is 39.8 Å². The van der Waals surface area contributed by atoms with Gasteiger partial charge in [0.2, 0.25) is 0 Å². The number of benzene rings is 2. The first-order valence-corrected chi connectivity index (χ1v) is 11.4. The SMILES string of the molecule is C=C(C=N/C=C\N)C(C)NC(=O)c1cc(-c2ccc(C)cc2F)cc(N2C(=O)OC[C@H]2C(C)C)c1. The molecule has 2 atom stereocenters. The van der Waals surface area contributed by atoms with Crippen LogP contribution in [0.25, 0.3) is 11.1 Å². The minimum atomic E-state index is -0.498. The molecule has 2 amide bonds. The van der Waals surface area contributed by atoms with E-state index in [1.165, 1.54) is 29.6 Å². The summed E-state index contributed by atoms with van der Waals surface area (Å²) in [4.78, 5) is 31.3. The first-order chi connectivity index (χ1) is 16.6. The Morgan fingerprint density at radius 1 is 1.29 bits per heavy atom. The standard InChI is InChI=1S/C27H31FN4O3/c1-16(2)25-15-35-27(34)32(25)22-12-20(23-7-6-17(3)10-24(23)28)11-21(13-22)26(33)31-19(5)18(4)14-30-9-8-29/h6-14,16,19,25H,4,15,29H2,1-3,5H3,(H,31,33)/b9-8-,30-14?/t19?,25-/m0/s1. The molecular weight excluding hydrogens is 447 g/mol. The summed E-state index contributed by atoms with van der Waals surface area (Å²) in [5, 5.41) is 2.87. The largest absolute Gasteiger partial charge is 0.447 e. The lowest BCUT2D eigenvalue weighted by molar-refractivity contribution is 0.0946. The van der Waals surface area contributed by atoms with E-state index < -0.39 is 23.9 Å². The van der Waals surface area contributed by atoms with Crippen LogP contribution < -0.4 is 16.0 Å². The number of nitrogens with zero attached hydrogens (tertiary/aromatic N) is 2. The van der Waals surface area contributed by atoms with Crippen LogP contribution in [0.1, 0.15) is 36.7 Å². The van der Waals surface area contributed by atoms with Crippen molar-refractivity contribution >= 4 is 23.9 Å². The molecule has 1 aliphatic rings. The van der Waals surface area contributed by atoms with Crippen LogP contribution in [0.2, 0.25) is 0 Å². The summed E-state index contributed by atoms with van der Waals surface area (Å²) in [6.45, 7) is 11.7. The number of amides is 2. The van der Waals surface area contributed by atoms with Crippen molar-refractivity contribution in [2.75, 3.05) is 11.5 Å². The highest BCUT2D eigenvalue weighted by atomic mass is 19.1. The normalized spacial score (nSPS) is 16.8. The van der Waals surface area contributed by atoms with Crippen LogP contribution in [0.4, 0.5) is 14.9 Å². The van der Waals surface area contributed by atoms with E-state index in [-0.39, 0.29) is 24.1 Å². The molecule has 3 rings (SSSR count). The van der Waals surface area contributed by atoms with Gasteiger partial charge in [-0.25, -0.2) is 9.18 Å². The Bertz CT molecular complexity index is 1190. The number of carbonyl (C=O) groups is 2. The molecule has 1 saturated heterocycles. The number of carbonyl (C=O) groups excluding carboxylic acids is 2. The fourth-order valence-corrected chi connectivity index (χ4v) is 3.79. The Kier molecular flexibility index (Phi) is 8.06. The van der Waals surface area contributed by atoms with Gasteiger partial charge in [-0.1, -0.05) is 32.6 Å². The number of aryl methyl sites for hydroxylation is 1. The van der Waals surface area contributed by atoms with Crippen molar-refractivity contribution in [1.82, 2.24) is 5.32 Å². The van der Waals surface area contributed by atoms with Crippen LogP contribution in [-0.2, 0) is 4.74 Å². The fourth-order valence-electron chi connectivity index (χ4n) is 3.79. The number of hydrogen-bond acceptors (Lipinski definition) is 5. The Balaban J connectivity index is 2.03. The highest BCUT2D eigenvalue weighted by Crippen LogP contribution is 2.33. The molecule has 2 aromatic rings. The number of hydrogen-bond donors (Lipinski definition) is 2. The lowest BCUT2D eigenvalue weighted by Crippen LogP contribution is -2.38. The van der Waals surface area contributed by atoms with E-state index in [4.69, 9.17) is 10.5 Å². The molecule has 1 fully saturated rings. The van der Waals surface area contributed by atoms with Gasteiger partial charge in [-0.2, -0.15) is 0 Å². The van der Waals surface area contributed by atoms with Gasteiger partial charge in [0.15, 0.2) is 0 Å². The molecule has 2 aromatic carbocycles. The topological polar surface area (TPSA) is 97.0 Å². The molecule has 0 aliphatic carbocycles. The minimum Gasteiger partial charge on any atom is -0.447 e. The van der Waals surface area contributed by atoms with Gasteiger partial charge < -0.3 is 15.8 Å². The number of aliphatic imine (C=N–C) groups is 1. The molecule has 184 valence electrons. The summed E-state index contributed by atoms with van der Waals surface area (Å²) in [7, 11) is 0. The first-order valence-electron chi connectivity index (χ1n) is 11.4. The summed E-state index contributed by atoms with van der Waals surface area (Å²) >= 11 is 0. The third kappa shape index (κ3) is 5.95. The molecule has 0 spiro atoms. The van der Waals surface area contributed by atoms with Crippen LogP contribution >= 0.6 is 0 Å². The van der Waals surface area contributed by atoms with E-state index in [1.54, 1.807) is 44.2 Å². The molecule has 0 saturated carbocycles. The summed E-state index contributed by atoms with van der Waals surface area (Å²) in [5.74, 6) is -0.696. The maximum atomic E-state index is 14.9. The third-order valence-electron chi connectivity index (χ3n) is 5.89. The average Bonchev–Trinajstić information content (AvgIpc) is 3.20. The number of ether oxygens (including phenoxy) is 1. The predicted octanol–water partition coefficient (Wildman–Crippen LogP) is 4.96. The van der Waals surface area contributed by atoms with E-state index in [1.807, 2.05) is 13.8 Å². The first kappa shape index (κ1) is 25.7. The molecule has 0 bridgehead atoms. The Morgan fingerprint density at radius 3 is 2.69 bits per heavy atom. The van der Waals surface area contributed by atoms with Gasteiger partial charge in [0.05, 0.1) is 12.1 Å². The van der Waals surface area contributed by atoms with Crippen molar-refractivity contribution in [3.63, 3.8) is 0 Å². The zero-order valence-corrected chi connectivity index (χ0v) is 20.4. The zero-order valence-electron chi connectivity index (χ0n) is 20.4. The Labute approximate surface area is 205 Å². The van der Waals surface area contributed by atoms with E-state index >= 15 is 0 Å². The van der Waals surface area contributed by atoms with Gasteiger partial charge in [0.1, 0.15) is 12.4 Å². The van der Waals surface area contributed by atoms with Gasteiger partial charge in [0, 0.05) is 35.4 Å². The van der Waals surface area contributed by atoms with Gasteiger partial charge in [0.25, 0.3) is 5.91 Å². The molecular formula is C27H31FN4O3. The van der Waals surface area contributed by atoms with Gasteiger partial charge in [-0.15, -0.1) is 0 Å². The monoisotopic (exact) mass is 478 g/mol. The maximum absolute atomic E-state index is 14.9. The number of rotatable bonds is 8. The molecule has 1 unspecified atom stereocenters. The third-order valence-corrected chi connectivity index (χ3v) is 5.89. The minimum absolute atomic E-state index is 0.115. The van der Waals surface area contributed by atoms with Crippen molar-refractivity contribution in [3.05, 3.63) is 77.9 Å². The number of nitrogens with one attached hydrogen (secondary N) is 1. The smallest absolute Gasteiger partial charge is 0.414 e. The predicted molar refractivity (Wildman–Crippen MR) is 137 cm³/mol. The van der Waals surface area contributed by atoms with E-state index in [0.29, 0.717) is 22.4 Å². The molecule has 35 heavy (non-hydrogen) atoms. The number of halogens is 1. The van der Waals surface area contributed by atoms with Crippen molar-refractivity contribution in [2.24, 2.45) is 16.6 Å². The molecule has 0 radical (unpaired) electrons. The van der Waals surface area contributed by atoms with Crippen LogP contribution in [0.5, 0.6) is 0 Å². The fraction of sp³-hybridized carbons (Fsp3) is 0.296. The summed E-state index contributed by atoms with van der Waals surface area (Å²) in [5.41, 5.74) is 8.18. The van der Waals surface area contributed by atoms with Crippen LogP contribution in [-0.4, -0.2) is 36.9 Å². The van der Waals surface area contributed by atoms with Gasteiger partial charge in [-0.3, -0.25) is 14.7 Å². The van der Waals surface area contributed by atoms with Gasteiger partial charge >= 0.3 is 6.09 Å². The van der Waals surface area contributed by atoms with Gasteiger partial charge in [-0.05, 0) is 60.7 Å². The second kappa shape index (κ2) is 11.0. The maximum Gasteiger partial charge on any atom is 0.414 e. The van der Waals surface area contributed by atoms with Crippen molar-refractivity contribution in [1.29, 1.82) is 0 Å². The van der Waals surface area contributed by atoms with E-state index in [2.05, 4.69) is 16.9 Å². The molecule has 1 aliphatic heterocycles. The van der Waals surface area contributed by atoms with E-state index in [0.717, 1.165) is 5.56 Å². The number of cyclic esters (lactones) is 1. The second-order valence-corrected chi connectivity index (χ2v) is 8.90. The summed E-state index contributed by atoms with van der Waals surface area (Å²) in [6.07, 6.45) is 3.71. The van der Waals surface area contributed by atoms with Crippen LogP contribution in [0, 0.1) is 18.7 Å². The van der Waals surface area contributed by atoms with Crippen LogP contribution in [0.15, 0.2) is 65.9 Å². The Hall–Kier alpha value is -3.94. The highest BCUT2D eigenvalue weighted by Gasteiger charge is 2.36. The average molecular weight is 479 g/mol. The zero-order chi connectivity index (χ0) is 25.7. The molecule has 0 aromatic heterocycles.